The minimum absolute atomic E-state index is 0.156. The normalized spacial score (nSPS) is 10.9. The van der Waals surface area contributed by atoms with Gasteiger partial charge in [-0.25, -0.2) is 9.97 Å². The van der Waals surface area contributed by atoms with Gasteiger partial charge >= 0.3 is 0 Å². The maximum absolute atomic E-state index is 11.1. The first kappa shape index (κ1) is 9.64. The highest BCUT2D eigenvalue weighted by molar-refractivity contribution is 5.47. The third-order valence-corrected chi connectivity index (χ3v) is 2.14. The van der Waals surface area contributed by atoms with Crippen LogP contribution in [0.5, 0.6) is 0 Å². The summed E-state index contributed by atoms with van der Waals surface area (Å²) in [7, 11) is 0. The van der Waals surface area contributed by atoms with Crippen molar-refractivity contribution in [3.8, 4) is 11.5 Å². The van der Waals surface area contributed by atoms with Gasteiger partial charge in [-0.05, 0) is 13.8 Å². The summed E-state index contributed by atoms with van der Waals surface area (Å²) in [5, 5.41) is 0. The molecule has 15 heavy (non-hydrogen) atoms. The molecule has 0 bridgehead atoms. The van der Waals surface area contributed by atoms with E-state index in [4.69, 9.17) is 0 Å². The molecule has 0 saturated carbocycles. The van der Waals surface area contributed by atoms with Crippen LogP contribution in [0.2, 0.25) is 0 Å². The largest absolute Gasteiger partial charge is 0.326 e. The number of aromatic amines is 1. The lowest BCUT2D eigenvalue weighted by atomic mass is 10.3. The lowest BCUT2D eigenvalue weighted by molar-refractivity contribution is 0.603. The number of H-pyrrole nitrogens is 1. The molecule has 2 aromatic rings. The highest BCUT2D eigenvalue weighted by Crippen LogP contribution is 2.16. The molecule has 2 rings (SSSR count). The zero-order chi connectivity index (χ0) is 10.8. The molecule has 2 aromatic heterocycles. The average Bonchev–Trinajstić information content (AvgIpc) is 2.65. The smallest absolute Gasteiger partial charge is 0.251 e. The summed E-state index contributed by atoms with van der Waals surface area (Å²) in [6.45, 7) is 4.10. The van der Waals surface area contributed by atoms with Crippen molar-refractivity contribution in [1.82, 2.24) is 19.5 Å². The van der Waals surface area contributed by atoms with E-state index >= 15 is 0 Å². The van der Waals surface area contributed by atoms with Crippen LogP contribution >= 0.6 is 0 Å². The predicted molar refractivity (Wildman–Crippen MR) is 56.5 cm³/mol. The van der Waals surface area contributed by atoms with Gasteiger partial charge < -0.3 is 9.55 Å². The van der Waals surface area contributed by atoms with E-state index < -0.39 is 0 Å². The molecule has 5 heteroatoms. The van der Waals surface area contributed by atoms with Gasteiger partial charge in [0, 0.05) is 18.3 Å². The maximum Gasteiger partial charge on any atom is 0.251 e. The van der Waals surface area contributed by atoms with Gasteiger partial charge in [0.05, 0.1) is 12.5 Å². The topological polar surface area (TPSA) is 63.6 Å². The van der Waals surface area contributed by atoms with Gasteiger partial charge in [0.25, 0.3) is 5.56 Å². The summed E-state index contributed by atoms with van der Waals surface area (Å²) in [6.07, 6.45) is 4.91. The first-order valence-electron chi connectivity index (χ1n) is 4.76. The summed E-state index contributed by atoms with van der Waals surface area (Å²) in [5.41, 5.74) is 0.666. The van der Waals surface area contributed by atoms with E-state index in [2.05, 4.69) is 15.0 Å². The Bertz CT molecular complexity index is 512. The zero-order valence-corrected chi connectivity index (χ0v) is 8.64. The van der Waals surface area contributed by atoms with Gasteiger partial charge in [0.2, 0.25) is 0 Å². The third-order valence-electron chi connectivity index (χ3n) is 2.14. The minimum Gasteiger partial charge on any atom is -0.326 e. The van der Waals surface area contributed by atoms with Crippen LogP contribution < -0.4 is 5.56 Å². The molecule has 0 aliphatic rings. The third kappa shape index (κ3) is 1.81. The Balaban J connectivity index is 2.54. The molecule has 0 spiro atoms. The van der Waals surface area contributed by atoms with Crippen LogP contribution in [0.4, 0.5) is 0 Å². The zero-order valence-electron chi connectivity index (χ0n) is 8.64. The number of nitrogens with one attached hydrogen (secondary N) is 1. The van der Waals surface area contributed by atoms with Crippen LogP contribution in [0.25, 0.3) is 11.5 Å². The van der Waals surface area contributed by atoms with E-state index in [1.54, 1.807) is 12.5 Å². The quantitative estimate of drug-likeness (QED) is 0.799. The number of aromatic nitrogens is 4. The van der Waals surface area contributed by atoms with Gasteiger partial charge in [-0.2, -0.15) is 0 Å². The van der Waals surface area contributed by atoms with Crippen LogP contribution in [-0.4, -0.2) is 19.5 Å². The Morgan fingerprint density at radius 3 is 2.93 bits per heavy atom. The first-order chi connectivity index (χ1) is 7.18. The van der Waals surface area contributed by atoms with Crippen molar-refractivity contribution in [3.63, 3.8) is 0 Å². The van der Waals surface area contributed by atoms with Gasteiger partial charge in [-0.15, -0.1) is 0 Å². The fourth-order valence-corrected chi connectivity index (χ4v) is 1.40. The molecule has 0 atom stereocenters. The lowest BCUT2D eigenvalue weighted by Gasteiger charge is -2.10. The molecule has 0 unspecified atom stereocenters. The second kappa shape index (κ2) is 3.68. The van der Waals surface area contributed by atoms with Crippen molar-refractivity contribution in [3.05, 3.63) is 35.1 Å². The molecule has 5 nitrogen and oxygen atoms in total. The highest BCUT2D eigenvalue weighted by atomic mass is 16.1. The summed E-state index contributed by atoms with van der Waals surface area (Å²) >= 11 is 0. The molecule has 0 fully saturated rings. The maximum atomic E-state index is 11.1. The van der Waals surface area contributed by atoms with Gasteiger partial charge in [-0.1, -0.05) is 0 Å². The second-order valence-electron chi connectivity index (χ2n) is 3.56. The molecule has 0 radical (unpaired) electrons. The van der Waals surface area contributed by atoms with Crippen LogP contribution in [-0.2, 0) is 0 Å². The van der Waals surface area contributed by atoms with Crippen LogP contribution in [0, 0.1) is 0 Å². The van der Waals surface area contributed by atoms with E-state index in [-0.39, 0.29) is 11.6 Å². The van der Waals surface area contributed by atoms with Crippen LogP contribution in [0.3, 0.4) is 0 Å². The van der Waals surface area contributed by atoms with Gasteiger partial charge in [0.15, 0.2) is 5.82 Å². The monoisotopic (exact) mass is 204 g/mol. The van der Waals surface area contributed by atoms with Crippen molar-refractivity contribution in [2.75, 3.05) is 0 Å². The number of nitrogens with zero attached hydrogens (tertiary/aromatic N) is 3. The Hall–Kier alpha value is -1.91. The molecule has 0 amide bonds. The molecule has 0 saturated heterocycles. The van der Waals surface area contributed by atoms with E-state index in [0.717, 1.165) is 5.69 Å². The summed E-state index contributed by atoms with van der Waals surface area (Å²) in [4.78, 5) is 22.0. The molecular weight excluding hydrogens is 192 g/mol. The average molecular weight is 204 g/mol. The SMILES string of the molecule is CC(C)n1cncc1-c1nccc(=O)[nH]1. The summed E-state index contributed by atoms with van der Waals surface area (Å²) < 4.78 is 1.96. The van der Waals surface area contributed by atoms with Crippen molar-refractivity contribution < 1.29 is 0 Å². The minimum atomic E-state index is -0.156. The van der Waals surface area contributed by atoms with Crippen LogP contribution in [0.1, 0.15) is 19.9 Å². The molecule has 0 aromatic carbocycles. The molecule has 1 N–H and O–H groups in total. The first-order valence-corrected chi connectivity index (χ1v) is 4.76. The van der Waals surface area contributed by atoms with E-state index in [0.29, 0.717) is 5.82 Å². The van der Waals surface area contributed by atoms with Gasteiger partial charge in [-0.3, -0.25) is 4.79 Å². The fourth-order valence-electron chi connectivity index (χ4n) is 1.40. The molecule has 78 valence electrons. The molecule has 2 heterocycles. The lowest BCUT2D eigenvalue weighted by Crippen LogP contribution is -2.09. The summed E-state index contributed by atoms with van der Waals surface area (Å²) in [5.74, 6) is 0.550. The van der Waals surface area contributed by atoms with Gasteiger partial charge in [0.1, 0.15) is 5.69 Å². The van der Waals surface area contributed by atoms with Crippen molar-refractivity contribution in [2.45, 2.75) is 19.9 Å². The highest BCUT2D eigenvalue weighted by Gasteiger charge is 2.08. The Kier molecular flexibility index (Phi) is 2.37. The standard InChI is InChI=1S/C10H12N4O/c1-7(2)14-6-11-5-8(14)10-12-4-3-9(15)13-10/h3-7H,1-2H3,(H,12,13,15). The van der Waals surface area contributed by atoms with Crippen molar-refractivity contribution >= 4 is 0 Å². The van der Waals surface area contributed by atoms with Crippen LogP contribution in [0.15, 0.2) is 29.6 Å². The molecule has 0 aliphatic heterocycles. The van der Waals surface area contributed by atoms with E-state index in [9.17, 15) is 4.79 Å². The number of imidazole rings is 1. The number of hydrogen-bond acceptors (Lipinski definition) is 3. The Morgan fingerprint density at radius 1 is 1.47 bits per heavy atom. The number of rotatable bonds is 2. The fraction of sp³-hybridized carbons (Fsp3) is 0.300. The Morgan fingerprint density at radius 2 is 2.27 bits per heavy atom. The van der Waals surface area contributed by atoms with Crippen molar-refractivity contribution in [1.29, 1.82) is 0 Å². The second-order valence-corrected chi connectivity index (χ2v) is 3.56. The number of hydrogen-bond donors (Lipinski definition) is 1. The Labute approximate surface area is 86.8 Å². The molecular formula is C10H12N4O. The summed E-state index contributed by atoms with van der Waals surface area (Å²) in [6, 6.07) is 1.67. The predicted octanol–water partition coefficient (Wildman–Crippen LogP) is 1.21. The molecule has 0 aliphatic carbocycles. The van der Waals surface area contributed by atoms with E-state index in [1.165, 1.54) is 12.3 Å². The van der Waals surface area contributed by atoms with E-state index in [1.807, 2.05) is 18.4 Å². The van der Waals surface area contributed by atoms with Crippen molar-refractivity contribution in [2.24, 2.45) is 0 Å².